The van der Waals surface area contributed by atoms with Gasteiger partial charge in [-0.25, -0.2) is 0 Å². The fraction of sp³-hybridized carbons (Fsp3) is 1.00. The van der Waals surface area contributed by atoms with Gasteiger partial charge < -0.3 is 13.3 Å². The van der Waals surface area contributed by atoms with E-state index in [1.807, 2.05) is 41.5 Å². The molecule has 0 saturated heterocycles. The SMILES string of the molecule is CCC[Si](OC(C)C)(OC(C)C)OC(C)C. The summed E-state index contributed by atoms with van der Waals surface area (Å²) in [4.78, 5) is 0. The molecule has 0 bridgehead atoms. The highest BCUT2D eigenvalue weighted by Crippen LogP contribution is 2.23. The fourth-order valence-corrected chi connectivity index (χ4v) is 4.93. The standard InChI is InChI=1S/C12H28O3Si/c1-8-9-16(13-10(2)3,14-11(4)5)15-12(6)7/h10-12H,8-9H2,1-7H3. The molecule has 0 aliphatic carbocycles. The van der Waals surface area contributed by atoms with E-state index >= 15 is 0 Å². The van der Waals surface area contributed by atoms with Crippen molar-refractivity contribution >= 4 is 8.80 Å². The molecule has 0 amide bonds. The van der Waals surface area contributed by atoms with E-state index in [9.17, 15) is 0 Å². The van der Waals surface area contributed by atoms with Crippen LogP contribution in [0.3, 0.4) is 0 Å². The maximum absolute atomic E-state index is 5.99. The Balaban J connectivity index is 4.72. The molecule has 4 heteroatoms. The first-order chi connectivity index (χ1) is 7.31. The molecule has 0 aromatic rings. The van der Waals surface area contributed by atoms with E-state index < -0.39 is 8.80 Å². The lowest BCUT2D eigenvalue weighted by molar-refractivity contribution is 0.00314. The predicted molar refractivity (Wildman–Crippen MR) is 69.5 cm³/mol. The molecule has 0 spiro atoms. The lowest BCUT2D eigenvalue weighted by Crippen LogP contribution is -2.50. The maximum atomic E-state index is 5.99. The molecule has 0 atom stereocenters. The third kappa shape index (κ3) is 6.63. The van der Waals surface area contributed by atoms with Crippen molar-refractivity contribution in [1.29, 1.82) is 0 Å². The Morgan fingerprint density at radius 2 is 1.06 bits per heavy atom. The van der Waals surface area contributed by atoms with Gasteiger partial charge in [-0.15, -0.1) is 0 Å². The molecule has 0 heterocycles. The quantitative estimate of drug-likeness (QED) is 0.614. The molecule has 0 rings (SSSR count). The minimum Gasteiger partial charge on any atom is -0.371 e. The fourth-order valence-electron chi connectivity index (χ4n) is 1.64. The molecule has 0 aromatic carbocycles. The zero-order chi connectivity index (χ0) is 12.8. The van der Waals surface area contributed by atoms with Crippen molar-refractivity contribution in [2.45, 2.75) is 79.2 Å². The van der Waals surface area contributed by atoms with E-state index in [-0.39, 0.29) is 18.3 Å². The van der Waals surface area contributed by atoms with Crippen LogP contribution in [0.5, 0.6) is 0 Å². The molecule has 0 aromatic heterocycles. The van der Waals surface area contributed by atoms with Gasteiger partial charge in [-0.3, -0.25) is 0 Å². The van der Waals surface area contributed by atoms with Crippen LogP contribution in [0.1, 0.15) is 54.9 Å². The Labute approximate surface area is 102 Å². The van der Waals surface area contributed by atoms with Crippen LogP contribution in [0.25, 0.3) is 0 Å². The molecule has 0 unspecified atom stereocenters. The van der Waals surface area contributed by atoms with E-state index in [0.29, 0.717) is 0 Å². The first-order valence-corrected chi connectivity index (χ1v) is 8.28. The lowest BCUT2D eigenvalue weighted by atomic mass is 10.5. The number of hydrogen-bond donors (Lipinski definition) is 0. The zero-order valence-corrected chi connectivity index (χ0v) is 12.9. The Bertz CT molecular complexity index is 155. The Kier molecular flexibility index (Phi) is 7.47. The highest BCUT2D eigenvalue weighted by atomic mass is 28.4. The van der Waals surface area contributed by atoms with Crippen molar-refractivity contribution in [2.24, 2.45) is 0 Å². The second kappa shape index (κ2) is 7.43. The van der Waals surface area contributed by atoms with Crippen LogP contribution >= 0.6 is 0 Å². The van der Waals surface area contributed by atoms with E-state index in [1.165, 1.54) is 0 Å². The molecular formula is C12H28O3Si. The smallest absolute Gasteiger partial charge is 0.371 e. The second-order valence-electron chi connectivity index (χ2n) is 4.93. The summed E-state index contributed by atoms with van der Waals surface area (Å²) < 4.78 is 18.0. The monoisotopic (exact) mass is 248 g/mol. The molecule has 0 N–H and O–H groups in total. The number of rotatable bonds is 8. The molecule has 0 aliphatic rings. The van der Waals surface area contributed by atoms with Gasteiger partial charge in [0.25, 0.3) is 0 Å². The van der Waals surface area contributed by atoms with Gasteiger partial charge in [0.15, 0.2) is 0 Å². The van der Waals surface area contributed by atoms with Gasteiger partial charge in [0, 0.05) is 24.4 Å². The van der Waals surface area contributed by atoms with Crippen LogP contribution in [0.4, 0.5) is 0 Å². The van der Waals surface area contributed by atoms with Crippen molar-refractivity contribution in [3.05, 3.63) is 0 Å². The summed E-state index contributed by atoms with van der Waals surface area (Å²) in [7, 11) is -2.48. The molecule has 3 nitrogen and oxygen atoms in total. The molecule has 16 heavy (non-hydrogen) atoms. The van der Waals surface area contributed by atoms with Gasteiger partial charge in [0.2, 0.25) is 0 Å². The van der Waals surface area contributed by atoms with Crippen LogP contribution in [0.15, 0.2) is 0 Å². The van der Waals surface area contributed by atoms with E-state index in [2.05, 4.69) is 6.92 Å². The maximum Gasteiger partial charge on any atom is 0.501 e. The minimum absolute atomic E-state index is 0.149. The molecule has 0 fully saturated rings. The van der Waals surface area contributed by atoms with Crippen LogP contribution in [-0.4, -0.2) is 27.1 Å². The topological polar surface area (TPSA) is 27.7 Å². The summed E-state index contributed by atoms with van der Waals surface area (Å²) in [5.74, 6) is 0. The molecular weight excluding hydrogens is 220 g/mol. The zero-order valence-electron chi connectivity index (χ0n) is 11.9. The Hall–Kier alpha value is 0.0969. The third-order valence-corrected chi connectivity index (χ3v) is 5.41. The lowest BCUT2D eigenvalue weighted by Gasteiger charge is -2.34. The average Bonchev–Trinajstić information content (AvgIpc) is 1.98. The first kappa shape index (κ1) is 16.1. The van der Waals surface area contributed by atoms with Crippen molar-refractivity contribution in [3.8, 4) is 0 Å². The minimum atomic E-state index is -2.48. The highest BCUT2D eigenvalue weighted by molar-refractivity contribution is 6.60. The normalized spacial score (nSPS) is 13.1. The molecule has 0 radical (unpaired) electrons. The van der Waals surface area contributed by atoms with Gasteiger partial charge in [0.05, 0.1) is 0 Å². The second-order valence-corrected chi connectivity index (χ2v) is 7.51. The van der Waals surface area contributed by atoms with E-state index in [0.717, 1.165) is 12.5 Å². The van der Waals surface area contributed by atoms with Crippen molar-refractivity contribution in [3.63, 3.8) is 0 Å². The van der Waals surface area contributed by atoms with Crippen molar-refractivity contribution in [1.82, 2.24) is 0 Å². The van der Waals surface area contributed by atoms with Crippen LogP contribution in [-0.2, 0) is 13.3 Å². The van der Waals surface area contributed by atoms with Gasteiger partial charge in [-0.2, -0.15) is 0 Å². The van der Waals surface area contributed by atoms with Crippen LogP contribution in [0.2, 0.25) is 6.04 Å². The van der Waals surface area contributed by atoms with Crippen LogP contribution in [0, 0.1) is 0 Å². The van der Waals surface area contributed by atoms with E-state index in [1.54, 1.807) is 0 Å². The average molecular weight is 248 g/mol. The molecule has 0 saturated carbocycles. The largest absolute Gasteiger partial charge is 0.501 e. The third-order valence-electron chi connectivity index (χ3n) is 1.80. The summed E-state index contributed by atoms with van der Waals surface area (Å²) in [5.41, 5.74) is 0. The van der Waals surface area contributed by atoms with Gasteiger partial charge >= 0.3 is 8.80 Å². The van der Waals surface area contributed by atoms with Gasteiger partial charge in [-0.05, 0) is 41.5 Å². The van der Waals surface area contributed by atoms with Gasteiger partial charge in [-0.1, -0.05) is 13.3 Å². The predicted octanol–water partition coefficient (Wildman–Crippen LogP) is 3.61. The Morgan fingerprint density at radius 3 is 1.25 bits per heavy atom. The summed E-state index contributed by atoms with van der Waals surface area (Å²) in [5, 5.41) is 0. The molecule has 98 valence electrons. The van der Waals surface area contributed by atoms with Crippen LogP contribution < -0.4 is 0 Å². The summed E-state index contributed by atoms with van der Waals surface area (Å²) in [6, 6.07) is 0.890. The summed E-state index contributed by atoms with van der Waals surface area (Å²) >= 11 is 0. The highest BCUT2D eigenvalue weighted by Gasteiger charge is 2.43. The van der Waals surface area contributed by atoms with Gasteiger partial charge in [0.1, 0.15) is 0 Å². The Morgan fingerprint density at radius 1 is 0.750 bits per heavy atom. The van der Waals surface area contributed by atoms with Crippen molar-refractivity contribution < 1.29 is 13.3 Å². The van der Waals surface area contributed by atoms with Crippen molar-refractivity contribution in [2.75, 3.05) is 0 Å². The van der Waals surface area contributed by atoms with E-state index in [4.69, 9.17) is 13.3 Å². The summed E-state index contributed by atoms with van der Waals surface area (Å²) in [6.45, 7) is 14.3. The summed E-state index contributed by atoms with van der Waals surface area (Å²) in [6.07, 6.45) is 1.47. The molecule has 0 aliphatic heterocycles. The first-order valence-electron chi connectivity index (χ1n) is 6.34. The number of hydrogen-bond acceptors (Lipinski definition) is 3.